The highest BCUT2D eigenvalue weighted by Crippen LogP contribution is 2.69. The molecule has 5 rings (SSSR count). The number of aliphatic carboxylic acids is 1. The first-order valence-electron chi connectivity index (χ1n) is 15.4. The topological polar surface area (TPSA) is 76.0 Å². The number of carboxylic acid groups (broad SMARTS) is 1. The number of ether oxygens (including phenoxy) is 2. The van der Waals surface area contributed by atoms with E-state index in [2.05, 4.69) is 27.7 Å². The molecule has 6 unspecified atom stereocenters. The molecule has 36 heavy (non-hydrogen) atoms. The number of aliphatic hydroxyl groups excluding tert-OH is 1. The Morgan fingerprint density at radius 1 is 1.03 bits per heavy atom. The van der Waals surface area contributed by atoms with Crippen LogP contribution in [0.5, 0.6) is 0 Å². The molecule has 0 bridgehead atoms. The van der Waals surface area contributed by atoms with Crippen molar-refractivity contribution in [3.63, 3.8) is 0 Å². The molecule has 206 valence electrons. The van der Waals surface area contributed by atoms with Crippen LogP contribution in [0.1, 0.15) is 111 Å². The number of hydrogen-bond donors (Lipinski definition) is 2. The summed E-state index contributed by atoms with van der Waals surface area (Å²) in [6.07, 6.45) is 13.8. The summed E-state index contributed by atoms with van der Waals surface area (Å²) in [6, 6.07) is 0. The van der Waals surface area contributed by atoms with Crippen molar-refractivity contribution in [1.82, 2.24) is 0 Å². The Kier molecular flexibility index (Phi) is 7.85. The molecule has 5 heteroatoms. The summed E-state index contributed by atoms with van der Waals surface area (Å²) in [6.45, 7) is 10.5. The van der Waals surface area contributed by atoms with Crippen molar-refractivity contribution in [2.45, 2.75) is 130 Å². The number of carboxylic acids is 1. The van der Waals surface area contributed by atoms with Gasteiger partial charge in [-0.3, -0.25) is 4.79 Å². The molecule has 5 aliphatic rings. The predicted molar refractivity (Wildman–Crippen MR) is 140 cm³/mol. The van der Waals surface area contributed by atoms with Crippen LogP contribution in [-0.2, 0) is 14.3 Å². The lowest BCUT2D eigenvalue weighted by atomic mass is 9.41. The average molecular weight is 505 g/mol. The standard InChI is InChI=1S/C31H52O5/c1-5-21-25-18-20(36-27-8-6-7-17-35-27)13-15-31(25,4)24-14-16-30(3)22(19(2)9-12-26(32)33)10-11-23(30)28(24)29(21)34/h19-25,27-29,34H,5-18H2,1-4H3,(H,32,33)/t19-,20-,21-,22?,23?,24?,25?,27?,28?,29-,30-,31-/m1/s1. The Hall–Kier alpha value is -0.650. The second-order valence-corrected chi connectivity index (χ2v) is 13.9. The number of hydrogen-bond acceptors (Lipinski definition) is 4. The molecule has 0 aromatic carbocycles. The van der Waals surface area contributed by atoms with E-state index < -0.39 is 5.97 Å². The molecule has 0 amide bonds. The van der Waals surface area contributed by atoms with Crippen molar-refractivity contribution in [3.8, 4) is 0 Å². The molecule has 1 aliphatic heterocycles. The summed E-state index contributed by atoms with van der Waals surface area (Å²) < 4.78 is 12.4. The first-order valence-corrected chi connectivity index (χ1v) is 15.4. The fourth-order valence-corrected chi connectivity index (χ4v) is 10.6. The fraction of sp³-hybridized carbons (Fsp3) is 0.968. The second kappa shape index (κ2) is 10.5. The molecule has 0 radical (unpaired) electrons. The van der Waals surface area contributed by atoms with Crippen LogP contribution < -0.4 is 0 Å². The molecule has 0 aromatic heterocycles. The molecule has 12 atom stereocenters. The van der Waals surface area contributed by atoms with Crippen molar-refractivity contribution in [1.29, 1.82) is 0 Å². The van der Waals surface area contributed by atoms with Gasteiger partial charge in [-0.2, -0.15) is 0 Å². The van der Waals surface area contributed by atoms with E-state index in [-0.39, 0.29) is 35.7 Å². The van der Waals surface area contributed by atoms with Gasteiger partial charge in [0, 0.05) is 13.0 Å². The summed E-state index contributed by atoms with van der Waals surface area (Å²) in [5.74, 6) is 2.78. The van der Waals surface area contributed by atoms with Crippen LogP contribution in [0.2, 0.25) is 0 Å². The maximum Gasteiger partial charge on any atom is 0.303 e. The monoisotopic (exact) mass is 504 g/mol. The molecule has 5 nitrogen and oxygen atoms in total. The maximum absolute atomic E-state index is 12.0. The third kappa shape index (κ3) is 4.57. The fourth-order valence-electron chi connectivity index (χ4n) is 10.6. The van der Waals surface area contributed by atoms with Gasteiger partial charge in [0.25, 0.3) is 0 Å². The zero-order valence-electron chi connectivity index (χ0n) is 23.3. The molecule has 1 heterocycles. The molecular weight excluding hydrogens is 452 g/mol. The van der Waals surface area contributed by atoms with Gasteiger partial charge in [-0.25, -0.2) is 0 Å². The van der Waals surface area contributed by atoms with Crippen molar-refractivity contribution in [2.24, 2.45) is 52.3 Å². The Bertz CT molecular complexity index is 779. The van der Waals surface area contributed by atoms with Gasteiger partial charge in [0.1, 0.15) is 0 Å². The van der Waals surface area contributed by atoms with Crippen molar-refractivity contribution < 1.29 is 24.5 Å². The summed E-state index contributed by atoms with van der Waals surface area (Å²) in [5, 5.41) is 21.3. The third-order valence-corrected chi connectivity index (χ3v) is 12.4. The molecule has 4 saturated carbocycles. The van der Waals surface area contributed by atoms with Gasteiger partial charge >= 0.3 is 5.97 Å². The van der Waals surface area contributed by atoms with E-state index in [1.54, 1.807) is 0 Å². The molecule has 0 aromatic rings. The van der Waals surface area contributed by atoms with Crippen LogP contribution in [0.25, 0.3) is 0 Å². The van der Waals surface area contributed by atoms with E-state index in [1.807, 2.05) is 0 Å². The normalized spacial score (nSPS) is 49.5. The molecule has 5 fully saturated rings. The summed E-state index contributed by atoms with van der Waals surface area (Å²) in [5.41, 5.74) is 0.520. The summed E-state index contributed by atoms with van der Waals surface area (Å²) in [7, 11) is 0. The van der Waals surface area contributed by atoms with Crippen LogP contribution in [0.3, 0.4) is 0 Å². The van der Waals surface area contributed by atoms with Gasteiger partial charge in [-0.1, -0.05) is 34.1 Å². The number of aliphatic hydroxyl groups is 1. The van der Waals surface area contributed by atoms with Gasteiger partial charge < -0.3 is 19.7 Å². The Morgan fingerprint density at radius 2 is 1.78 bits per heavy atom. The predicted octanol–water partition coefficient (Wildman–Crippen LogP) is 6.66. The van der Waals surface area contributed by atoms with Crippen LogP contribution in [0, 0.1) is 52.3 Å². The van der Waals surface area contributed by atoms with E-state index in [0.29, 0.717) is 41.4 Å². The highest BCUT2D eigenvalue weighted by molar-refractivity contribution is 5.66. The zero-order valence-corrected chi connectivity index (χ0v) is 23.3. The van der Waals surface area contributed by atoms with Crippen molar-refractivity contribution in [2.75, 3.05) is 6.61 Å². The SMILES string of the molecule is CC[C@@H]1C2C[C@H](OC3CCCCO3)CC[C@]2(C)C2CC[C@@]3(C)C(CCC3[C@H](C)CCC(=O)O)C2[C@@H]1O. The third-order valence-electron chi connectivity index (χ3n) is 12.4. The van der Waals surface area contributed by atoms with Gasteiger partial charge in [0.05, 0.1) is 12.2 Å². The van der Waals surface area contributed by atoms with E-state index in [0.717, 1.165) is 45.1 Å². The highest BCUT2D eigenvalue weighted by Gasteiger charge is 2.65. The van der Waals surface area contributed by atoms with Gasteiger partial charge in [-0.15, -0.1) is 0 Å². The molecule has 2 N–H and O–H groups in total. The highest BCUT2D eigenvalue weighted by atomic mass is 16.7. The van der Waals surface area contributed by atoms with Gasteiger partial charge in [0.2, 0.25) is 0 Å². The quantitative estimate of drug-likeness (QED) is 0.379. The lowest BCUT2D eigenvalue weighted by Crippen LogP contribution is -2.62. The minimum absolute atomic E-state index is 0.0247. The molecule has 4 aliphatic carbocycles. The number of carbonyl (C=O) groups is 1. The Labute approximate surface area is 219 Å². The second-order valence-electron chi connectivity index (χ2n) is 13.9. The van der Waals surface area contributed by atoms with Gasteiger partial charge in [-0.05, 0) is 123 Å². The van der Waals surface area contributed by atoms with E-state index in [1.165, 1.54) is 38.5 Å². The molecule has 1 saturated heterocycles. The van der Waals surface area contributed by atoms with E-state index >= 15 is 0 Å². The van der Waals surface area contributed by atoms with Crippen molar-refractivity contribution in [3.05, 3.63) is 0 Å². The zero-order chi connectivity index (χ0) is 25.7. The minimum atomic E-state index is -0.674. The largest absolute Gasteiger partial charge is 0.481 e. The van der Waals surface area contributed by atoms with Crippen LogP contribution in [0.15, 0.2) is 0 Å². The first kappa shape index (κ1) is 26.9. The number of rotatable bonds is 7. The minimum Gasteiger partial charge on any atom is -0.481 e. The van der Waals surface area contributed by atoms with E-state index in [9.17, 15) is 15.0 Å². The maximum atomic E-state index is 12.0. The summed E-state index contributed by atoms with van der Waals surface area (Å²) in [4.78, 5) is 11.2. The Morgan fingerprint density at radius 3 is 2.47 bits per heavy atom. The van der Waals surface area contributed by atoms with E-state index in [4.69, 9.17) is 9.47 Å². The smallest absolute Gasteiger partial charge is 0.303 e. The number of fused-ring (bicyclic) bond motifs is 5. The first-order chi connectivity index (χ1) is 17.2. The summed E-state index contributed by atoms with van der Waals surface area (Å²) >= 11 is 0. The van der Waals surface area contributed by atoms with Crippen LogP contribution in [0.4, 0.5) is 0 Å². The van der Waals surface area contributed by atoms with Gasteiger partial charge in [0.15, 0.2) is 6.29 Å². The lowest BCUT2D eigenvalue weighted by Gasteiger charge is -2.65. The molecule has 0 spiro atoms. The lowest BCUT2D eigenvalue weighted by molar-refractivity contribution is -0.234. The molecular formula is C31H52O5. The van der Waals surface area contributed by atoms with Crippen LogP contribution in [-0.4, -0.2) is 41.3 Å². The average Bonchev–Trinajstić information content (AvgIpc) is 3.21. The van der Waals surface area contributed by atoms with Crippen molar-refractivity contribution >= 4 is 5.97 Å². The van der Waals surface area contributed by atoms with Crippen LogP contribution >= 0.6 is 0 Å². The Balaban J connectivity index is 1.34.